The van der Waals surface area contributed by atoms with Crippen molar-refractivity contribution in [2.75, 3.05) is 0 Å². The van der Waals surface area contributed by atoms with Crippen LogP contribution in [-0.2, 0) is 0 Å². The first-order chi connectivity index (χ1) is 10.0. The van der Waals surface area contributed by atoms with Gasteiger partial charge in [0.15, 0.2) is 5.84 Å². The van der Waals surface area contributed by atoms with E-state index >= 15 is 0 Å². The van der Waals surface area contributed by atoms with E-state index in [4.69, 9.17) is 27.3 Å². The van der Waals surface area contributed by atoms with Crippen LogP contribution in [0.25, 0.3) is 0 Å². The number of ether oxygens (including phenoxy) is 1. The minimum Gasteiger partial charge on any atom is -0.456 e. The fourth-order valence-electron chi connectivity index (χ4n) is 2.01. The van der Waals surface area contributed by atoms with Gasteiger partial charge < -0.3 is 15.7 Å². The van der Waals surface area contributed by atoms with Crippen LogP contribution in [0.3, 0.4) is 0 Å². The molecule has 0 aliphatic carbocycles. The Labute approximate surface area is 128 Å². The summed E-state index contributed by atoms with van der Waals surface area (Å²) in [5, 5.41) is 12.4. The Morgan fingerprint density at radius 3 is 2.57 bits per heavy atom. The maximum Gasteiger partial charge on any atom is 0.173 e. The summed E-state index contributed by atoms with van der Waals surface area (Å²) in [7, 11) is 0. The smallest absolute Gasteiger partial charge is 0.173 e. The van der Waals surface area contributed by atoms with Crippen molar-refractivity contribution in [2.45, 2.75) is 19.8 Å². The predicted molar refractivity (Wildman–Crippen MR) is 84.6 cm³/mol. The third kappa shape index (κ3) is 3.47. The molecule has 0 amide bonds. The Bertz CT molecular complexity index is 669. The number of nitrogens with zero attached hydrogens (tertiary/aromatic N) is 1. The minimum absolute atomic E-state index is 0.0467. The second-order valence-corrected chi connectivity index (χ2v) is 5.36. The highest BCUT2D eigenvalue weighted by Gasteiger charge is 2.13. The maximum atomic E-state index is 8.88. The van der Waals surface area contributed by atoms with Crippen molar-refractivity contribution < 1.29 is 9.94 Å². The number of hydrogen-bond donors (Lipinski definition) is 2. The second kappa shape index (κ2) is 6.50. The topological polar surface area (TPSA) is 67.8 Å². The lowest BCUT2D eigenvalue weighted by Gasteiger charge is -2.15. The number of benzene rings is 2. The molecule has 0 bridgehead atoms. The molecule has 0 aliphatic heterocycles. The molecule has 2 aromatic carbocycles. The van der Waals surface area contributed by atoms with E-state index in [2.05, 4.69) is 19.0 Å². The first-order valence-corrected chi connectivity index (χ1v) is 6.95. The average molecular weight is 305 g/mol. The molecule has 2 rings (SSSR count). The Balaban J connectivity index is 2.45. The predicted octanol–water partition coefficient (Wildman–Crippen LogP) is 4.35. The summed E-state index contributed by atoms with van der Waals surface area (Å²) in [6, 6.07) is 12.8. The van der Waals surface area contributed by atoms with Gasteiger partial charge in [0.25, 0.3) is 0 Å². The van der Waals surface area contributed by atoms with Gasteiger partial charge in [0.05, 0.1) is 5.56 Å². The van der Waals surface area contributed by atoms with Crippen molar-refractivity contribution in [1.29, 1.82) is 0 Å². The Morgan fingerprint density at radius 2 is 1.90 bits per heavy atom. The molecule has 0 aliphatic rings. The van der Waals surface area contributed by atoms with Gasteiger partial charge in [-0.2, -0.15) is 0 Å². The van der Waals surface area contributed by atoms with Gasteiger partial charge in [-0.15, -0.1) is 0 Å². The van der Waals surface area contributed by atoms with Crippen molar-refractivity contribution in [3.63, 3.8) is 0 Å². The lowest BCUT2D eigenvalue weighted by Crippen LogP contribution is -2.14. The van der Waals surface area contributed by atoms with E-state index in [1.807, 2.05) is 24.3 Å². The summed E-state index contributed by atoms with van der Waals surface area (Å²) >= 11 is 5.95. The number of amidine groups is 1. The maximum absolute atomic E-state index is 8.88. The van der Waals surface area contributed by atoms with Crippen LogP contribution in [0.1, 0.15) is 30.9 Å². The van der Waals surface area contributed by atoms with E-state index in [0.29, 0.717) is 22.3 Å². The number of nitrogens with two attached hydrogens (primary N) is 1. The first kappa shape index (κ1) is 15.2. The minimum atomic E-state index is -0.0467. The zero-order valence-corrected chi connectivity index (χ0v) is 12.6. The molecule has 0 heterocycles. The Kier molecular flexibility index (Phi) is 4.70. The molecule has 2 aromatic rings. The van der Waals surface area contributed by atoms with Crippen LogP contribution in [0.2, 0.25) is 5.02 Å². The second-order valence-electron chi connectivity index (χ2n) is 4.92. The van der Waals surface area contributed by atoms with Crippen LogP contribution in [-0.4, -0.2) is 11.0 Å². The fraction of sp³-hybridized carbons (Fsp3) is 0.188. The van der Waals surface area contributed by atoms with Gasteiger partial charge in [0.1, 0.15) is 11.5 Å². The van der Waals surface area contributed by atoms with E-state index in [-0.39, 0.29) is 5.84 Å². The van der Waals surface area contributed by atoms with Crippen LogP contribution in [0, 0.1) is 0 Å². The molecule has 4 nitrogen and oxygen atoms in total. The van der Waals surface area contributed by atoms with Gasteiger partial charge >= 0.3 is 0 Å². The fourth-order valence-corrected chi connectivity index (χ4v) is 2.19. The molecule has 0 aromatic heterocycles. The number of oxime groups is 1. The average Bonchev–Trinajstić information content (AvgIpc) is 2.48. The highest BCUT2D eigenvalue weighted by atomic mass is 35.5. The Hall–Kier alpha value is -2.20. The summed E-state index contributed by atoms with van der Waals surface area (Å²) in [6.07, 6.45) is 0. The van der Waals surface area contributed by atoms with E-state index in [1.165, 1.54) is 0 Å². The lowest BCUT2D eigenvalue weighted by molar-refractivity contribution is 0.318. The highest BCUT2D eigenvalue weighted by molar-refractivity contribution is 6.31. The Morgan fingerprint density at radius 1 is 1.19 bits per heavy atom. The molecule has 0 saturated carbocycles. The van der Waals surface area contributed by atoms with Crippen molar-refractivity contribution >= 4 is 17.4 Å². The van der Waals surface area contributed by atoms with Crippen molar-refractivity contribution in [3.8, 4) is 11.5 Å². The van der Waals surface area contributed by atoms with E-state index in [0.717, 1.165) is 11.3 Å². The molecule has 0 saturated heterocycles. The van der Waals surface area contributed by atoms with E-state index < -0.39 is 0 Å². The number of rotatable bonds is 4. The van der Waals surface area contributed by atoms with Crippen molar-refractivity contribution in [1.82, 2.24) is 0 Å². The first-order valence-electron chi connectivity index (χ1n) is 6.57. The number of hydrogen-bond acceptors (Lipinski definition) is 3. The number of halogens is 1. The van der Waals surface area contributed by atoms with Gasteiger partial charge in [-0.25, -0.2) is 0 Å². The van der Waals surface area contributed by atoms with E-state index in [9.17, 15) is 0 Å². The van der Waals surface area contributed by atoms with Gasteiger partial charge in [0.2, 0.25) is 0 Å². The van der Waals surface area contributed by atoms with Crippen LogP contribution in [0.15, 0.2) is 47.6 Å². The van der Waals surface area contributed by atoms with Gasteiger partial charge in [-0.3, -0.25) is 0 Å². The molecule has 0 spiro atoms. The third-order valence-corrected chi connectivity index (χ3v) is 3.32. The molecule has 0 radical (unpaired) electrons. The lowest BCUT2D eigenvalue weighted by atomic mass is 10.0. The summed E-state index contributed by atoms with van der Waals surface area (Å²) in [4.78, 5) is 0. The monoisotopic (exact) mass is 304 g/mol. The van der Waals surface area contributed by atoms with Crippen molar-refractivity contribution in [2.24, 2.45) is 10.9 Å². The van der Waals surface area contributed by atoms with Crippen LogP contribution in [0.4, 0.5) is 0 Å². The van der Waals surface area contributed by atoms with E-state index in [1.54, 1.807) is 18.2 Å². The number of para-hydroxylation sites is 1. The summed E-state index contributed by atoms with van der Waals surface area (Å²) in [6.45, 7) is 4.18. The largest absolute Gasteiger partial charge is 0.456 e. The summed E-state index contributed by atoms with van der Waals surface area (Å²) in [5.74, 6) is 1.50. The van der Waals surface area contributed by atoms with Gasteiger partial charge in [-0.1, -0.05) is 48.8 Å². The summed E-state index contributed by atoms with van der Waals surface area (Å²) in [5.41, 5.74) is 7.21. The molecule has 0 unspecified atom stereocenters. The molecule has 0 fully saturated rings. The highest BCUT2D eigenvalue weighted by Crippen LogP contribution is 2.33. The van der Waals surface area contributed by atoms with Gasteiger partial charge in [-0.05, 0) is 35.7 Å². The molecule has 21 heavy (non-hydrogen) atoms. The SMILES string of the molecule is CC(C)c1ccccc1Oc1ccc(Cl)cc1C(N)=NO. The van der Waals surface area contributed by atoms with Crippen LogP contribution >= 0.6 is 11.6 Å². The quantitative estimate of drug-likeness (QED) is 0.382. The molecule has 5 heteroatoms. The molecular weight excluding hydrogens is 288 g/mol. The van der Waals surface area contributed by atoms with Crippen LogP contribution in [0.5, 0.6) is 11.5 Å². The van der Waals surface area contributed by atoms with Gasteiger partial charge in [0, 0.05) is 5.02 Å². The standard InChI is InChI=1S/C16H17ClN2O2/c1-10(2)12-5-3-4-6-14(12)21-15-8-7-11(17)9-13(15)16(18)19-20/h3-10,20H,1-2H3,(H2,18,19). The zero-order chi connectivity index (χ0) is 15.4. The van der Waals surface area contributed by atoms with Crippen LogP contribution < -0.4 is 10.5 Å². The zero-order valence-electron chi connectivity index (χ0n) is 11.9. The molecule has 110 valence electrons. The molecular formula is C16H17ClN2O2. The summed E-state index contributed by atoms with van der Waals surface area (Å²) < 4.78 is 5.95. The normalized spacial score (nSPS) is 11.7. The molecule has 0 atom stereocenters. The molecule has 3 N–H and O–H groups in total. The third-order valence-electron chi connectivity index (χ3n) is 3.09. The van der Waals surface area contributed by atoms with Crippen molar-refractivity contribution in [3.05, 3.63) is 58.6 Å².